The molecular weight excluding hydrogens is 530 g/mol. The highest BCUT2D eigenvalue weighted by atomic mass is 19.2. The first-order valence-corrected chi connectivity index (χ1v) is 13.9. The van der Waals surface area contributed by atoms with E-state index in [1.54, 1.807) is 6.92 Å². The Kier molecular flexibility index (Phi) is 10.4. The molecule has 0 aliphatic heterocycles. The third-order valence-corrected chi connectivity index (χ3v) is 7.13. The van der Waals surface area contributed by atoms with Gasteiger partial charge in [-0.1, -0.05) is 54.6 Å². The van der Waals surface area contributed by atoms with Crippen LogP contribution in [-0.2, 0) is 25.4 Å². The van der Waals surface area contributed by atoms with E-state index >= 15 is 0 Å². The maximum atomic E-state index is 14.0. The number of hydrogen-bond donors (Lipinski definition) is 1. The number of amides is 2. The summed E-state index contributed by atoms with van der Waals surface area (Å²) < 4.78 is 44.4. The van der Waals surface area contributed by atoms with Gasteiger partial charge in [0.05, 0.1) is 6.54 Å². The molecule has 3 aromatic carbocycles. The summed E-state index contributed by atoms with van der Waals surface area (Å²) in [7, 11) is 0. The molecule has 1 aliphatic carbocycles. The molecule has 0 aromatic heterocycles. The Morgan fingerprint density at radius 2 is 1.49 bits per heavy atom. The van der Waals surface area contributed by atoms with Gasteiger partial charge in [-0.05, 0) is 60.7 Å². The number of rotatable bonds is 13. The predicted molar refractivity (Wildman–Crippen MR) is 151 cm³/mol. The van der Waals surface area contributed by atoms with E-state index in [-0.39, 0.29) is 25.5 Å². The number of carbonyl (C=O) groups is 2. The van der Waals surface area contributed by atoms with E-state index in [2.05, 4.69) is 5.32 Å². The molecule has 1 aliphatic rings. The van der Waals surface area contributed by atoms with E-state index in [4.69, 9.17) is 14.2 Å². The zero-order valence-corrected chi connectivity index (χ0v) is 23.6. The molecule has 0 saturated heterocycles. The molecule has 0 bridgehead atoms. The number of benzene rings is 3. The number of carbonyl (C=O) groups excluding carboxylic acids is 2. The van der Waals surface area contributed by atoms with Crippen molar-refractivity contribution in [2.45, 2.75) is 45.4 Å². The van der Waals surface area contributed by atoms with Crippen LogP contribution in [0, 0.1) is 11.6 Å². The Bertz CT molecular complexity index is 1300. The number of nitrogens with zero attached hydrogens (tertiary/aromatic N) is 1. The van der Waals surface area contributed by atoms with Crippen LogP contribution in [-0.4, -0.2) is 62.1 Å². The van der Waals surface area contributed by atoms with Crippen LogP contribution >= 0.6 is 0 Å². The molecule has 1 N–H and O–H groups in total. The second-order valence-electron chi connectivity index (χ2n) is 9.69. The SMILES string of the molecule is CCOC(CN(CC)C(=O)C(Cc1ccc(F)c(F)c1)NC(=O)OCC1c2ccccc2-c2ccccc21)OCC. The first kappa shape index (κ1) is 30.1. The summed E-state index contributed by atoms with van der Waals surface area (Å²) >= 11 is 0. The molecule has 1 atom stereocenters. The average Bonchev–Trinajstić information content (AvgIpc) is 3.29. The van der Waals surface area contributed by atoms with E-state index < -0.39 is 36.0 Å². The number of likely N-dealkylation sites (N-methyl/N-ethyl adjacent to an activating group) is 1. The van der Waals surface area contributed by atoms with Crippen LogP contribution < -0.4 is 5.32 Å². The van der Waals surface area contributed by atoms with Crippen LogP contribution in [0.3, 0.4) is 0 Å². The van der Waals surface area contributed by atoms with Crippen LogP contribution in [0.2, 0.25) is 0 Å². The first-order chi connectivity index (χ1) is 19.9. The van der Waals surface area contributed by atoms with Crippen LogP contribution in [0.1, 0.15) is 43.4 Å². The van der Waals surface area contributed by atoms with Gasteiger partial charge in [0.1, 0.15) is 12.6 Å². The predicted octanol–water partition coefficient (Wildman–Crippen LogP) is 5.66. The molecule has 218 valence electrons. The summed E-state index contributed by atoms with van der Waals surface area (Å²) in [5.74, 6) is -2.60. The van der Waals surface area contributed by atoms with E-state index in [0.717, 1.165) is 34.4 Å². The maximum absolute atomic E-state index is 14.0. The van der Waals surface area contributed by atoms with Gasteiger partial charge in [-0.2, -0.15) is 0 Å². The van der Waals surface area contributed by atoms with E-state index in [9.17, 15) is 18.4 Å². The topological polar surface area (TPSA) is 77.1 Å². The zero-order chi connectivity index (χ0) is 29.4. The number of hydrogen-bond acceptors (Lipinski definition) is 5. The normalized spacial score (nSPS) is 13.0. The molecule has 7 nitrogen and oxygen atoms in total. The Labute approximate surface area is 239 Å². The van der Waals surface area contributed by atoms with Gasteiger partial charge < -0.3 is 24.4 Å². The van der Waals surface area contributed by atoms with Gasteiger partial charge in [0.25, 0.3) is 0 Å². The molecular formula is C32H36F2N2O5. The fourth-order valence-corrected chi connectivity index (χ4v) is 5.19. The molecule has 0 heterocycles. The Morgan fingerprint density at radius 1 is 0.878 bits per heavy atom. The van der Waals surface area contributed by atoms with Crippen LogP contribution in [0.5, 0.6) is 0 Å². The van der Waals surface area contributed by atoms with Gasteiger partial charge in [0.15, 0.2) is 17.9 Å². The third-order valence-electron chi connectivity index (χ3n) is 7.13. The molecule has 41 heavy (non-hydrogen) atoms. The van der Waals surface area contributed by atoms with Crippen molar-refractivity contribution >= 4 is 12.0 Å². The monoisotopic (exact) mass is 566 g/mol. The average molecular weight is 567 g/mol. The lowest BCUT2D eigenvalue weighted by Gasteiger charge is -2.30. The molecule has 2 amide bonds. The number of ether oxygens (including phenoxy) is 3. The fourth-order valence-electron chi connectivity index (χ4n) is 5.19. The smallest absolute Gasteiger partial charge is 0.407 e. The lowest BCUT2D eigenvalue weighted by atomic mass is 9.98. The molecule has 0 radical (unpaired) electrons. The van der Waals surface area contributed by atoms with Gasteiger partial charge in [0, 0.05) is 32.1 Å². The lowest BCUT2D eigenvalue weighted by molar-refractivity contribution is -0.159. The van der Waals surface area contributed by atoms with Crippen molar-refractivity contribution in [3.05, 3.63) is 95.1 Å². The summed E-state index contributed by atoms with van der Waals surface area (Å²) in [4.78, 5) is 28.3. The first-order valence-electron chi connectivity index (χ1n) is 13.9. The largest absolute Gasteiger partial charge is 0.449 e. The summed E-state index contributed by atoms with van der Waals surface area (Å²) in [6.45, 7) is 6.77. The minimum Gasteiger partial charge on any atom is -0.449 e. The second-order valence-corrected chi connectivity index (χ2v) is 9.69. The van der Waals surface area contributed by atoms with Crippen molar-refractivity contribution in [3.63, 3.8) is 0 Å². The Balaban J connectivity index is 1.50. The highest BCUT2D eigenvalue weighted by molar-refractivity contribution is 5.86. The summed E-state index contributed by atoms with van der Waals surface area (Å²) in [6, 6.07) is 18.3. The van der Waals surface area contributed by atoms with Crippen molar-refractivity contribution in [3.8, 4) is 11.1 Å². The van der Waals surface area contributed by atoms with Crippen LogP contribution in [0.15, 0.2) is 66.7 Å². The quantitative estimate of drug-likeness (QED) is 0.270. The zero-order valence-electron chi connectivity index (χ0n) is 23.6. The summed E-state index contributed by atoms with van der Waals surface area (Å²) in [6.07, 6.45) is -1.49. The number of nitrogens with one attached hydrogen (secondary N) is 1. The van der Waals surface area contributed by atoms with Crippen molar-refractivity contribution in [2.24, 2.45) is 0 Å². The molecule has 0 saturated carbocycles. The molecule has 1 unspecified atom stereocenters. The standard InChI is InChI=1S/C32H36F2N2O5/c1-4-36(19-30(39-5-2)40-6-3)31(37)29(18-21-15-16-27(33)28(34)17-21)35-32(38)41-20-26-24-13-9-7-11-22(24)23-12-8-10-14-25(23)26/h7-17,26,29-30H,4-6,18-20H2,1-3H3,(H,35,38). The van der Waals surface area contributed by atoms with Gasteiger partial charge >= 0.3 is 6.09 Å². The Morgan fingerprint density at radius 3 is 2.05 bits per heavy atom. The van der Waals surface area contributed by atoms with E-state index in [0.29, 0.717) is 25.3 Å². The van der Waals surface area contributed by atoms with Crippen molar-refractivity contribution in [1.82, 2.24) is 10.2 Å². The van der Waals surface area contributed by atoms with Crippen molar-refractivity contribution < 1.29 is 32.6 Å². The van der Waals surface area contributed by atoms with Gasteiger partial charge in [-0.3, -0.25) is 4.79 Å². The van der Waals surface area contributed by atoms with Gasteiger partial charge in [-0.15, -0.1) is 0 Å². The summed E-state index contributed by atoms with van der Waals surface area (Å²) in [5, 5.41) is 2.67. The molecule has 0 fully saturated rings. The minimum atomic E-state index is -1.10. The number of halogens is 2. The number of fused-ring (bicyclic) bond motifs is 3. The van der Waals surface area contributed by atoms with Crippen molar-refractivity contribution in [2.75, 3.05) is 32.9 Å². The van der Waals surface area contributed by atoms with Crippen LogP contribution in [0.4, 0.5) is 13.6 Å². The van der Waals surface area contributed by atoms with Gasteiger partial charge in [-0.25, -0.2) is 13.6 Å². The lowest BCUT2D eigenvalue weighted by Crippen LogP contribution is -2.52. The second kappa shape index (κ2) is 14.2. The molecule has 0 spiro atoms. The van der Waals surface area contributed by atoms with Gasteiger partial charge in [0.2, 0.25) is 5.91 Å². The third kappa shape index (κ3) is 7.28. The summed E-state index contributed by atoms with van der Waals surface area (Å²) in [5.41, 5.74) is 4.67. The van der Waals surface area contributed by atoms with Crippen molar-refractivity contribution in [1.29, 1.82) is 0 Å². The maximum Gasteiger partial charge on any atom is 0.407 e. The highest BCUT2D eigenvalue weighted by Gasteiger charge is 2.31. The molecule has 4 rings (SSSR count). The van der Waals surface area contributed by atoms with Crippen LogP contribution in [0.25, 0.3) is 11.1 Å². The Hall–Kier alpha value is -3.82. The minimum absolute atomic E-state index is 0.0648. The van der Waals surface area contributed by atoms with E-state index in [1.807, 2.05) is 62.4 Å². The number of alkyl carbamates (subject to hydrolysis) is 1. The van der Waals surface area contributed by atoms with E-state index in [1.165, 1.54) is 11.0 Å². The fraction of sp³-hybridized carbons (Fsp3) is 0.375. The molecule has 3 aromatic rings. The molecule has 9 heteroatoms. The highest BCUT2D eigenvalue weighted by Crippen LogP contribution is 2.44.